The number of hydrogen-bond acceptors (Lipinski definition) is 5. The van der Waals surface area contributed by atoms with Gasteiger partial charge >= 0.3 is 0 Å². The van der Waals surface area contributed by atoms with E-state index in [9.17, 15) is 8.42 Å². The minimum absolute atomic E-state index is 0.186. The second-order valence-corrected chi connectivity index (χ2v) is 10.4. The second-order valence-electron chi connectivity index (χ2n) is 8.69. The maximum atomic E-state index is 13.1. The van der Waals surface area contributed by atoms with E-state index < -0.39 is 10.0 Å². The van der Waals surface area contributed by atoms with E-state index in [0.717, 1.165) is 44.5 Å². The quantitative estimate of drug-likeness (QED) is 0.263. The molecule has 3 heterocycles. The number of anilines is 1. The molecule has 0 radical (unpaired) electrons. The Morgan fingerprint density at radius 1 is 0.946 bits per heavy atom. The summed E-state index contributed by atoms with van der Waals surface area (Å²) >= 11 is 0. The molecule has 0 spiro atoms. The molecule has 0 amide bonds. The number of nitrogens with zero attached hydrogens (tertiary/aromatic N) is 2. The molecule has 8 nitrogen and oxygen atoms in total. The zero-order chi connectivity index (χ0) is 25.4. The van der Waals surface area contributed by atoms with Crippen LogP contribution in [0.3, 0.4) is 0 Å². The van der Waals surface area contributed by atoms with Crippen LogP contribution < -0.4 is 9.46 Å². The molecular weight excluding hydrogens is 486 g/mol. The molecular formula is C28H23N5O3S. The van der Waals surface area contributed by atoms with Crippen LogP contribution >= 0.6 is 0 Å². The van der Waals surface area contributed by atoms with Gasteiger partial charge in [-0.25, -0.2) is 13.4 Å². The first-order valence-electron chi connectivity index (χ1n) is 11.6. The molecule has 3 aromatic carbocycles. The van der Waals surface area contributed by atoms with Gasteiger partial charge < -0.3 is 14.7 Å². The standard InChI is InChI=1S/C28H23N5O3S/c1-36-22-8-6-21(7-9-22)33-37(34,35)23-4-2-3-18(13-23)19-5-10-25-24(14-19)20(16-30-25)15-28-31-26-11-12-29-17-27(26)32-28/h2-14,16-17,30,33H,15H2,1H3,(H,31,32). The average molecular weight is 510 g/mol. The number of rotatable bonds is 7. The zero-order valence-electron chi connectivity index (χ0n) is 19.9. The summed E-state index contributed by atoms with van der Waals surface area (Å²) < 4.78 is 33.9. The Morgan fingerprint density at radius 2 is 1.78 bits per heavy atom. The van der Waals surface area contributed by atoms with Gasteiger partial charge in [-0.3, -0.25) is 9.71 Å². The Bertz CT molecular complexity index is 1810. The molecule has 184 valence electrons. The summed E-state index contributed by atoms with van der Waals surface area (Å²) in [7, 11) is -2.21. The van der Waals surface area contributed by atoms with Crippen LogP contribution in [0.1, 0.15) is 11.4 Å². The highest BCUT2D eigenvalue weighted by Gasteiger charge is 2.16. The van der Waals surface area contributed by atoms with E-state index in [1.54, 1.807) is 62.0 Å². The number of benzene rings is 3. The summed E-state index contributed by atoms with van der Waals surface area (Å²) in [5, 5.41) is 1.06. The molecule has 3 N–H and O–H groups in total. The van der Waals surface area contributed by atoms with Crippen molar-refractivity contribution in [3.8, 4) is 16.9 Å². The average Bonchev–Trinajstić information content (AvgIpc) is 3.52. The second kappa shape index (κ2) is 9.11. The van der Waals surface area contributed by atoms with Crippen molar-refractivity contribution in [2.45, 2.75) is 11.3 Å². The van der Waals surface area contributed by atoms with Gasteiger partial charge in [0.1, 0.15) is 17.1 Å². The lowest BCUT2D eigenvalue weighted by Crippen LogP contribution is -2.12. The summed E-state index contributed by atoms with van der Waals surface area (Å²) in [5.41, 5.74) is 6.07. The van der Waals surface area contributed by atoms with Crippen LogP contribution in [0.5, 0.6) is 5.75 Å². The third-order valence-electron chi connectivity index (χ3n) is 6.28. The number of nitrogens with one attached hydrogen (secondary N) is 3. The van der Waals surface area contributed by atoms with Gasteiger partial charge in [-0.05, 0) is 71.3 Å². The van der Waals surface area contributed by atoms with Crippen molar-refractivity contribution in [2.75, 3.05) is 11.8 Å². The number of imidazole rings is 1. The molecule has 3 aromatic heterocycles. The number of H-pyrrole nitrogens is 2. The van der Waals surface area contributed by atoms with Crippen molar-refractivity contribution in [1.29, 1.82) is 0 Å². The largest absolute Gasteiger partial charge is 0.497 e. The van der Waals surface area contributed by atoms with Crippen molar-refractivity contribution in [2.24, 2.45) is 0 Å². The van der Waals surface area contributed by atoms with E-state index in [2.05, 4.69) is 30.7 Å². The van der Waals surface area contributed by atoms with E-state index in [1.165, 1.54) is 0 Å². The van der Waals surface area contributed by atoms with Gasteiger partial charge in [0.15, 0.2) is 0 Å². The first kappa shape index (κ1) is 22.8. The molecule has 6 aromatic rings. The number of methoxy groups -OCH3 is 1. The Hall–Kier alpha value is -4.63. The fraction of sp³-hybridized carbons (Fsp3) is 0.0714. The van der Waals surface area contributed by atoms with Crippen molar-refractivity contribution in [3.05, 3.63) is 103 Å². The number of pyridine rings is 1. The third kappa shape index (κ3) is 4.52. The van der Waals surface area contributed by atoms with Crippen molar-refractivity contribution in [3.63, 3.8) is 0 Å². The summed E-state index contributed by atoms with van der Waals surface area (Å²) in [6, 6.07) is 21.7. The van der Waals surface area contributed by atoms with Crippen molar-refractivity contribution >= 4 is 37.6 Å². The van der Waals surface area contributed by atoms with Crippen LogP contribution in [0.25, 0.3) is 33.1 Å². The fourth-order valence-corrected chi connectivity index (χ4v) is 5.50. The topological polar surface area (TPSA) is 113 Å². The Morgan fingerprint density at radius 3 is 2.59 bits per heavy atom. The number of ether oxygens (including phenoxy) is 1. The monoisotopic (exact) mass is 509 g/mol. The maximum absolute atomic E-state index is 13.1. The summed E-state index contributed by atoms with van der Waals surface area (Å²) in [6.45, 7) is 0. The number of fused-ring (bicyclic) bond motifs is 2. The molecule has 0 bridgehead atoms. The van der Waals surface area contributed by atoms with Crippen LogP contribution in [0.2, 0.25) is 0 Å². The molecule has 6 rings (SSSR count). The van der Waals surface area contributed by atoms with Gasteiger partial charge in [-0.1, -0.05) is 18.2 Å². The van der Waals surface area contributed by atoms with Crippen molar-refractivity contribution in [1.82, 2.24) is 19.9 Å². The SMILES string of the molecule is COc1ccc(NS(=O)(=O)c2cccc(-c3ccc4[nH]cc(Cc5nc6cnccc6[nH]5)c4c3)c2)cc1. The summed E-state index contributed by atoms with van der Waals surface area (Å²) in [4.78, 5) is 15.6. The van der Waals surface area contributed by atoms with Gasteiger partial charge in [0.05, 0.1) is 23.7 Å². The van der Waals surface area contributed by atoms with E-state index in [-0.39, 0.29) is 4.90 Å². The van der Waals surface area contributed by atoms with Gasteiger partial charge in [0, 0.05) is 35.4 Å². The first-order valence-corrected chi connectivity index (χ1v) is 13.1. The highest BCUT2D eigenvalue weighted by atomic mass is 32.2. The predicted molar refractivity (Wildman–Crippen MR) is 144 cm³/mol. The molecule has 0 saturated heterocycles. The molecule has 0 saturated carbocycles. The Kier molecular flexibility index (Phi) is 5.61. The van der Waals surface area contributed by atoms with Crippen LogP contribution in [-0.2, 0) is 16.4 Å². The van der Waals surface area contributed by atoms with Crippen LogP contribution in [0.4, 0.5) is 5.69 Å². The van der Waals surface area contributed by atoms with Crippen LogP contribution in [0, 0.1) is 0 Å². The van der Waals surface area contributed by atoms with E-state index in [0.29, 0.717) is 17.9 Å². The van der Waals surface area contributed by atoms with E-state index >= 15 is 0 Å². The first-order chi connectivity index (χ1) is 18.0. The number of sulfonamides is 1. The normalized spacial score (nSPS) is 11.7. The molecule has 0 fully saturated rings. The van der Waals surface area contributed by atoms with E-state index in [1.807, 2.05) is 30.5 Å². The lowest BCUT2D eigenvalue weighted by molar-refractivity contribution is 0.415. The number of aromatic nitrogens is 4. The molecule has 0 atom stereocenters. The molecule has 0 unspecified atom stereocenters. The minimum atomic E-state index is -3.77. The lowest BCUT2D eigenvalue weighted by Gasteiger charge is -2.10. The van der Waals surface area contributed by atoms with Gasteiger partial charge in [0.2, 0.25) is 0 Å². The molecule has 37 heavy (non-hydrogen) atoms. The lowest BCUT2D eigenvalue weighted by atomic mass is 10.0. The minimum Gasteiger partial charge on any atom is -0.497 e. The van der Waals surface area contributed by atoms with Crippen LogP contribution in [-0.4, -0.2) is 35.5 Å². The number of aromatic amines is 2. The molecule has 9 heteroatoms. The van der Waals surface area contributed by atoms with Crippen molar-refractivity contribution < 1.29 is 13.2 Å². The van der Waals surface area contributed by atoms with Gasteiger partial charge in [-0.2, -0.15) is 0 Å². The van der Waals surface area contributed by atoms with Gasteiger partial charge in [-0.15, -0.1) is 0 Å². The Balaban J connectivity index is 1.30. The van der Waals surface area contributed by atoms with Crippen LogP contribution in [0.15, 0.2) is 96.3 Å². The van der Waals surface area contributed by atoms with E-state index in [4.69, 9.17) is 4.74 Å². The smallest absolute Gasteiger partial charge is 0.261 e. The van der Waals surface area contributed by atoms with Gasteiger partial charge in [0.25, 0.3) is 10.0 Å². The highest BCUT2D eigenvalue weighted by Crippen LogP contribution is 2.29. The summed E-state index contributed by atoms with van der Waals surface area (Å²) in [5.74, 6) is 1.51. The predicted octanol–water partition coefficient (Wildman–Crippen LogP) is 5.51. The summed E-state index contributed by atoms with van der Waals surface area (Å²) in [6.07, 6.45) is 6.09. The molecule has 0 aliphatic heterocycles. The fourth-order valence-electron chi connectivity index (χ4n) is 4.39. The number of hydrogen-bond donors (Lipinski definition) is 3. The zero-order valence-corrected chi connectivity index (χ0v) is 20.7. The molecule has 0 aliphatic carbocycles. The maximum Gasteiger partial charge on any atom is 0.261 e. The highest BCUT2D eigenvalue weighted by molar-refractivity contribution is 7.92. The Labute approximate surface area is 213 Å². The third-order valence-corrected chi connectivity index (χ3v) is 7.66. The molecule has 0 aliphatic rings.